The van der Waals surface area contributed by atoms with Crippen molar-refractivity contribution in [2.24, 2.45) is 0 Å². The van der Waals surface area contributed by atoms with E-state index in [1.54, 1.807) is 25.3 Å². The molecule has 1 aliphatic rings. The summed E-state index contributed by atoms with van der Waals surface area (Å²) in [6, 6.07) is 24.2. The summed E-state index contributed by atoms with van der Waals surface area (Å²) in [6.45, 7) is -0.0186. The molecule has 1 heterocycles. The van der Waals surface area contributed by atoms with Crippen LogP contribution >= 0.6 is 0 Å². The highest BCUT2D eigenvalue weighted by Gasteiger charge is 2.47. The van der Waals surface area contributed by atoms with Gasteiger partial charge in [0.2, 0.25) is 0 Å². The van der Waals surface area contributed by atoms with E-state index in [-0.39, 0.29) is 6.61 Å². The summed E-state index contributed by atoms with van der Waals surface area (Å²) in [7, 11) is 3.07. The number of carbonyl (C=O) groups excluding carboxylic acids is 2. The van der Waals surface area contributed by atoms with Crippen LogP contribution in [0.1, 0.15) is 22.6 Å². The van der Waals surface area contributed by atoms with Crippen LogP contribution in [0.2, 0.25) is 0 Å². The number of hydrogen-bond donors (Lipinski definition) is 0. The van der Waals surface area contributed by atoms with Crippen molar-refractivity contribution in [1.29, 1.82) is 0 Å². The summed E-state index contributed by atoms with van der Waals surface area (Å²) in [5.74, 6) is 0.0910. The monoisotopic (exact) mass is 433 g/mol. The summed E-state index contributed by atoms with van der Waals surface area (Å²) in [6.07, 6.45) is -1.87. The van der Waals surface area contributed by atoms with E-state index in [2.05, 4.69) is 0 Å². The summed E-state index contributed by atoms with van der Waals surface area (Å²) >= 11 is 0. The first kappa shape index (κ1) is 21.4. The molecule has 0 aromatic heterocycles. The molecule has 2 amide bonds. The van der Waals surface area contributed by atoms with Gasteiger partial charge in [-0.2, -0.15) is 0 Å². The molecule has 32 heavy (non-hydrogen) atoms. The minimum atomic E-state index is -1.03. The zero-order chi connectivity index (χ0) is 22.5. The number of cyclic esters (lactones) is 1. The molecule has 0 bridgehead atoms. The van der Waals surface area contributed by atoms with Gasteiger partial charge in [-0.3, -0.25) is 9.63 Å². The van der Waals surface area contributed by atoms with Crippen molar-refractivity contribution in [2.45, 2.75) is 18.6 Å². The molecule has 1 unspecified atom stereocenters. The molecule has 1 fully saturated rings. The molecule has 0 saturated carbocycles. The predicted octanol–water partition coefficient (Wildman–Crippen LogP) is 4.31. The van der Waals surface area contributed by atoms with Crippen LogP contribution in [0, 0.1) is 0 Å². The fourth-order valence-corrected chi connectivity index (χ4v) is 3.71. The van der Waals surface area contributed by atoms with Crippen molar-refractivity contribution in [3.8, 4) is 11.5 Å². The summed E-state index contributed by atoms with van der Waals surface area (Å²) in [5, 5.41) is 0.695. The van der Waals surface area contributed by atoms with Crippen LogP contribution in [0.4, 0.5) is 4.79 Å². The molecule has 0 N–H and O–H groups in total. The molecule has 3 aromatic rings. The Labute approximate surface area is 186 Å². The Morgan fingerprint density at radius 1 is 0.844 bits per heavy atom. The second kappa shape index (κ2) is 9.53. The first-order valence-electron chi connectivity index (χ1n) is 10.1. The zero-order valence-electron chi connectivity index (χ0n) is 17.8. The summed E-state index contributed by atoms with van der Waals surface area (Å²) in [5.41, 5.74) is 2.44. The van der Waals surface area contributed by atoms with Gasteiger partial charge in [0.25, 0.3) is 5.91 Å². The van der Waals surface area contributed by atoms with Crippen molar-refractivity contribution >= 4 is 12.0 Å². The van der Waals surface area contributed by atoms with Crippen LogP contribution in [0.25, 0.3) is 0 Å². The third kappa shape index (κ3) is 4.29. The van der Waals surface area contributed by atoms with E-state index in [0.717, 1.165) is 11.1 Å². The van der Waals surface area contributed by atoms with Gasteiger partial charge < -0.3 is 14.2 Å². The second-order valence-corrected chi connectivity index (χ2v) is 7.20. The number of hydroxylamine groups is 2. The lowest BCUT2D eigenvalue weighted by Crippen LogP contribution is -2.34. The van der Waals surface area contributed by atoms with E-state index in [9.17, 15) is 9.59 Å². The van der Waals surface area contributed by atoms with Gasteiger partial charge in [0, 0.05) is 0 Å². The van der Waals surface area contributed by atoms with E-state index < -0.39 is 24.0 Å². The molecule has 4 rings (SSSR count). The molecule has 7 heteroatoms. The van der Waals surface area contributed by atoms with Crippen LogP contribution in [0.5, 0.6) is 11.5 Å². The average molecular weight is 433 g/mol. The predicted molar refractivity (Wildman–Crippen MR) is 116 cm³/mol. The van der Waals surface area contributed by atoms with Crippen LogP contribution in [0.15, 0.2) is 78.9 Å². The van der Waals surface area contributed by atoms with E-state index in [4.69, 9.17) is 19.0 Å². The Hall–Kier alpha value is -3.84. The van der Waals surface area contributed by atoms with Crippen molar-refractivity contribution in [1.82, 2.24) is 5.06 Å². The van der Waals surface area contributed by atoms with Gasteiger partial charge in [-0.1, -0.05) is 66.7 Å². The molecular weight excluding hydrogens is 410 g/mol. The second-order valence-electron chi connectivity index (χ2n) is 7.20. The molecule has 1 atom stereocenters. The lowest BCUT2D eigenvalue weighted by atomic mass is 9.86. The number of nitrogens with zero attached hydrogens (tertiary/aromatic N) is 1. The number of ether oxygens (including phenoxy) is 3. The van der Waals surface area contributed by atoms with Crippen molar-refractivity contribution in [2.75, 3.05) is 14.2 Å². The molecule has 1 saturated heterocycles. The van der Waals surface area contributed by atoms with Gasteiger partial charge in [-0.05, 0) is 28.8 Å². The number of methoxy groups -OCH3 is 2. The third-order valence-electron chi connectivity index (χ3n) is 5.27. The normalized spacial score (nSPS) is 15.7. The Bertz CT molecular complexity index is 1050. The highest BCUT2D eigenvalue weighted by molar-refractivity contribution is 5.99. The molecule has 3 aromatic carbocycles. The van der Waals surface area contributed by atoms with Gasteiger partial charge in [-0.15, -0.1) is 5.06 Å². The summed E-state index contributed by atoms with van der Waals surface area (Å²) in [4.78, 5) is 31.2. The van der Waals surface area contributed by atoms with Gasteiger partial charge >= 0.3 is 6.09 Å². The number of hydrogen-bond acceptors (Lipinski definition) is 6. The van der Waals surface area contributed by atoms with Crippen LogP contribution in [-0.4, -0.2) is 37.4 Å². The minimum absolute atomic E-state index is 0.0186. The topological polar surface area (TPSA) is 74.3 Å². The van der Waals surface area contributed by atoms with E-state index in [1.807, 2.05) is 60.7 Å². The average Bonchev–Trinajstić information content (AvgIpc) is 3.11. The molecule has 0 spiro atoms. The Morgan fingerprint density at radius 2 is 1.44 bits per heavy atom. The maximum absolute atomic E-state index is 13.2. The van der Waals surface area contributed by atoms with Crippen molar-refractivity contribution in [3.05, 3.63) is 95.6 Å². The van der Waals surface area contributed by atoms with Crippen LogP contribution in [0.3, 0.4) is 0 Å². The third-order valence-corrected chi connectivity index (χ3v) is 5.27. The van der Waals surface area contributed by atoms with Crippen molar-refractivity contribution < 1.29 is 28.6 Å². The fourth-order valence-electron chi connectivity index (χ4n) is 3.71. The van der Waals surface area contributed by atoms with Gasteiger partial charge in [0.1, 0.15) is 6.61 Å². The first-order chi connectivity index (χ1) is 15.6. The highest BCUT2D eigenvalue weighted by atomic mass is 16.8. The highest BCUT2D eigenvalue weighted by Crippen LogP contribution is 2.34. The lowest BCUT2D eigenvalue weighted by Gasteiger charge is -2.21. The first-order valence-corrected chi connectivity index (χ1v) is 10.1. The lowest BCUT2D eigenvalue weighted by molar-refractivity contribution is -0.167. The molecule has 7 nitrogen and oxygen atoms in total. The number of imide groups is 1. The van der Waals surface area contributed by atoms with Crippen molar-refractivity contribution in [3.63, 3.8) is 0 Å². The van der Waals surface area contributed by atoms with Gasteiger partial charge in [0.05, 0.1) is 20.1 Å². The maximum atomic E-state index is 13.2. The number of rotatable bonds is 8. The van der Waals surface area contributed by atoms with E-state index >= 15 is 0 Å². The zero-order valence-corrected chi connectivity index (χ0v) is 17.8. The maximum Gasteiger partial charge on any atom is 0.442 e. The van der Waals surface area contributed by atoms with E-state index in [1.165, 1.54) is 7.11 Å². The Morgan fingerprint density at radius 3 is 2.00 bits per heavy atom. The molecule has 164 valence electrons. The number of benzene rings is 3. The van der Waals surface area contributed by atoms with E-state index in [0.29, 0.717) is 22.1 Å². The fraction of sp³-hybridized carbons (Fsp3) is 0.200. The van der Waals surface area contributed by atoms with Crippen LogP contribution < -0.4 is 9.47 Å². The molecule has 0 radical (unpaired) electrons. The van der Waals surface area contributed by atoms with Gasteiger partial charge in [-0.25, -0.2) is 4.79 Å². The largest absolute Gasteiger partial charge is 0.493 e. The van der Waals surface area contributed by atoms with Gasteiger partial charge in [0.15, 0.2) is 17.6 Å². The smallest absolute Gasteiger partial charge is 0.442 e. The minimum Gasteiger partial charge on any atom is -0.493 e. The Kier molecular flexibility index (Phi) is 6.37. The SMILES string of the molecule is COc1ccc(CON2C(=O)OC(C(c3ccccc3)c3ccccc3)C2=O)cc1OC. The summed E-state index contributed by atoms with van der Waals surface area (Å²) < 4.78 is 16.0. The Balaban J connectivity index is 1.55. The number of amides is 2. The molecule has 1 aliphatic heterocycles. The molecular formula is C25H23NO6. The van der Waals surface area contributed by atoms with Crippen LogP contribution in [-0.2, 0) is 21.0 Å². The standard InChI is InChI=1S/C25H23NO6/c1-29-20-14-13-17(15-21(20)30-2)16-31-26-24(27)23(32-25(26)28)22(18-9-5-3-6-10-18)19-11-7-4-8-12-19/h3-15,22-23H,16H2,1-2H3. The number of carbonyl (C=O) groups is 2. The molecule has 0 aliphatic carbocycles. The quantitative estimate of drug-likeness (QED) is 0.527.